The molecule has 0 N–H and O–H groups in total. The highest BCUT2D eigenvalue weighted by molar-refractivity contribution is 6.37. The van der Waals surface area contributed by atoms with Crippen molar-refractivity contribution in [3.05, 3.63) is 27.2 Å². The summed E-state index contributed by atoms with van der Waals surface area (Å²) in [5, 5.41) is 0.959. The van der Waals surface area contributed by atoms with Crippen LogP contribution in [-0.2, 0) is 17.7 Å². The number of nitrogens with zero attached hydrogens (tertiary/aromatic N) is 1. The van der Waals surface area contributed by atoms with Gasteiger partial charge in [-0.3, -0.25) is 0 Å². The lowest BCUT2D eigenvalue weighted by atomic mass is 9.99. The molecule has 1 aromatic rings. The third-order valence-corrected chi connectivity index (χ3v) is 3.91. The molecule has 1 aromatic carbocycles. The van der Waals surface area contributed by atoms with Crippen molar-refractivity contribution < 1.29 is 14.3 Å². The highest BCUT2D eigenvalue weighted by atomic mass is 35.5. The Kier molecular flexibility index (Phi) is 4.59. The van der Waals surface area contributed by atoms with Crippen molar-refractivity contribution in [1.29, 1.82) is 0 Å². The SMILES string of the molecule is COc1c(Cl)cc2c(c1Cl)CN(C(=O)OC(C)(C)C)CC2. The lowest BCUT2D eigenvalue weighted by molar-refractivity contribution is 0.0224. The number of hydrogen-bond acceptors (Lipinski definition) is 3. The summed E-state index contributed by atoms with van der Waals surface area (Å²) in [6.45, 7) is 6.52. The van der Waals surface area contributed by atoms with E-state index in [9.17, 15) is 4.79 Å². The molecule has 116 valence electrons. The molecule has 0 atom stereocenters. The van der Waals surface area contributed by atoms with Crippen molar-refractivity contribution in [2.75, 3.05) is 13.7 Å². The smallest absolute Gasteiger partial charge is 0.410 e. The van der Waals surface area contributed by atoms with Gasteiger partial charge in [-0.2, -0.15) is 0 Å². The molecule has 0 fully saturated rings. The minimum Gasteiger partial charge on any atom is -0.494 e. The van der Waals surface area contributed by atoms with Gasteiger partial charge in [-0.15, -0.1) is 0 Å². The second kappa shape index (κ2) is 5.93. The molecular formula is C15H19Cl2NO3. The first-order chi connectivity index (χ1) is 9.73. The summed E-state index contributed by atoms with van der Waals surface area (Å²) < 4.78 is 10.6. The normalized spacial score (nSPS) is 14.7. The van der Waals surface area contributed by atoms with Crippen LogP contribution in [0.15, 0.2) is 6.07 Å². The number of ether oxygens (including phenoxy) is 2. The van der Waals surface area contributed by atoms with Gasteiger partial charge < -0.3 is 14.4 Å². The maximum atomic E-state index is 12.2. The minimum absolute atomic E-state index is 0.335. The number of hydrogen-bond donors (Lipinski definition) is 0. The Labute approximate surface area is 134 Å². The fourth-order valence-corrected chi connectivity index (χ4v) is 2.99. The zero-order chi connectivity index (χ0) is 15.8. The summed E-state index contributed by atoms with van der Waals surface area (Å²) in [4.78, 5) is 13.8. The van der Waals surface area contributed by atoms with Gasteiger partial charge in [0.15, 0.2) is 5.75 Å². The van der Waals surface area contributed by atoms with Gasteiger partial charge in [-0.25, -0.2) is 4.79 Å². The first kappa shape index (κ1) is 16.2. The highest BCUT2D eigenvalue weighted by Gasteiger charge is 2.28. The van der Waals surface area contributed by atoms with Gasteiger partial charge in [-0.05, 0) is 44.4 Å². The Hall–Kier alpha value is -1.13. The predicted molar refractivity (Wildman–Crippen MR) is 83.4 cm³/mol. The Balaban J connectivity index is 2.26. The van der Waals surface area contributed by atoms with Crippen molar-refractivity contribution in [3.63, 3.8) is 0 Å². The lowest BCUT2D eigenvalue weighted by Gasteiger charge is -2.32. The standard InChI is InChI=1S/C15H19Cl2NO3/c1-15(2,3)21-14(19)18-6-5-9-7-11(16)13(20-4)12(17)10(9)8-18/h7H,5-6,8H2,1-4H3. The Morgan fingerprint density at radius 3 is 2.57 bits per heavy atom. The number of methoxy groups -OCH3 is 1. The number of rotatable bonds is 1. The molecule has 0 aliphatic carbocycles. The second-order valence-corrected chi connectivity index (χ2v) is 6.78. The third-order valence-electron chi connectivity index (χ3n) is 3.23. The van der Waals surface area contributed by atoms with E-state index in [0.29, 0.717) is 35.3 Å². The molecule has 1 aliphatic heterocycles. The zero-order valence-corrected chi connectivity index (χ0v) is 14.1. The minimum atomic E-state index is -0.515. The van der Waals surface area contributed by atoms with Crippen LogP contribution in [-0.4, -0.2) is 30.2 Å². The van der Waals surface area contributed by atoms with Crippen molar-refractivity contribution >= 4 is 29.3 Å². The highest BCUT2D eigenvalue weighted by Crippen LogP contribution is 2.39. The molecular weight excluding hydrogens is 313 g/mol. The first-order valence-electron chi connectivity index (χ1n) is 6.74. The van der Waals surface area contributed by atoms with Crippen molar-refractivity contribution in [1.82, 2.24) is 4.90 Å². The molecule has 1 aliphatic rings. The van der Waals surface area contributed by atoms with Crippen LogP contribution in [0.2, 0.25) is 10.0 Å². The summed E-state index contributed by atoms with van der Waals surface area (Å²) in [5.41, 5.74) is 1.40. The third kappa shape index (κ3) is 3.55. The zero-order valence-electron chi connectivity index (χ0n) is 12.6. The Morgan fingerprint density at radius 1 is 1.33 bits per heavy atom. The molecule has 0 spiro atoms. The summed E-state index contributed by atoms with van der Waals surface area (Å²) in [6.07, 6.45) is 0.357. The van der Waals surface area contributed by atoms with Crippen molar-refractivity contribution in [2.45, 2.75) is 39.3 Å². The van der Waals surface area contributed by atoms with E-state index in [1.807, 2.05) is 26.8 Å². The molecule has 1 heterocycles. The van der Waals surface area contributed by atoms with Crippen LogP contribution < -0.4 is 4.74 Å². The molecule has 4 nitrogen and oxygen atoms in total. The lowest BCUT2D eigenvalue weighted by Crippen LogP contribution is -2.40. The average Bonchev–Trinajstić information content (AvgIpc) is 2.36. The van der Waals surface area contributed by atoms with Crippen LogP contribution >= 0.6 is 23.2 Å². The van der Waals surface area contributed by atoms with Crippen molar-refractivity contribution in [3.8, 4) is 5.75 Å². The van der Waals surface area contributed by atoms with Crippen LogP contribution in [0.5, 0.6) is 5.75 Å². The molecule has 0 radical (unpaired) electrons. The fourth-order valence-electron chi connectivity index (χ4n) is 2.28. The number of amides is 1. The van der Waals surface area contributed by atoms with Crippen LogP contribution in [0.4, 0.5) is 4.79 Å². The predicted octanol–water partition coefficient (Wildman–Crippen LogP) is 4.30. The van der Waals surface area contributed by atoms with E-state index in [-0.39, 0.29) is 6.09 Å². The molecule has 21 heavy (non-hydrogen) atoms. The topological polar surface area (TPSA) is 38.8 Å². The van der Waals surface area contributed by atoms with E-state index in [1.165, 1.54) is 7.11 Å². The largest absolute Gasteiger partial charge is 0.494 e. The van der Waals surface area contributed by atoms with Gasteiger partial charge in [0.05, 0.1) is 23.7 Å². The van der Waals surface area contributed by atoms with E-state index < -0.39 is 5.60 Å². The Bertz CT molecular complexity index is 567. The maximum Gasteiger partial charge on any atom is 0.410 e. The fraction of sp³-hybridized carbons (Fsp3) is 0.533. The summed E-state index contributed by atoms with van der Waals surface area (Å²) >= 11 is 12.5. The first-order valence-corrected chi connectivity index (χ1v) is 7.50. The van der Waals surface area contributed by atoms with E-state index >= 15 is 0 Å². The van der Waals surface area contributed by atoms with E-state index in [0.717, 1.165) is 11.1 Å². The second-order valence-electron chi connectivity index (χ2n) is 6.00. The quantitative estimate of drug-likeness (QED) is 0.770. The maximum absolute atomic E-state index is 12.2. The molecule has 0 unspecified atom stereocenters. The Morgan fingerprint density at radius 2 is 2.00 bits per heavy atom. The molecule has 0 aromatic heterocycles. The average molecular weight is 332 g/mol. The van der Waals surface area contributed by atoms with Crippen molar-refractivity contribution in [2.24, 2.45) is 0 Å². The molecule has 2 rings (SSSR count). The summed E-state index contributed by atoms with van der Waals surface area (Å²) in [7, 11) is 1.52. The number of halogens is 2. The van der Waals surface area contributed by atoms with Gasteiger partial charge >= 0.3 is 6.09 Å². The summed E-state index contributed by atoms with van der Waals surface area (Å²) in [5.74, 6) is 0.447. The number of fused-ring (bicyclic) bond motifs is 1. The van der Waals surface area contributed by atoms with Gasteiger partial charge in [-0.1, -0.05) is 23.2 Å². The molecule has 6 heteroatoms. The van der Waals surface area contributed by atoms with Gasteiger partial charge in [0.25, 0.3) is 0 Å². The van der Waals surface area contributed by atoms with Crippen LogP contribution in [0.25, 0.3) is 0 Å². The van der Waals surface area contributed by atoms with Crippen LogP contribution in [0.3, 0.4) is 0 Å². The molecule has 0 saturated heterocycles. The molecule has 0 bridgehead atoms. The number of carbonyl (C=O) groups excluding carboxylic acids is 1. The molecule has 0 saturated carbocycles. The number of carbonyl (C=O) groups is 1. The van der Waals surface area contributed by atoms with Gasteiger partial charge in [0, 0.05) is 6.54 Å². The van der Waals surface area contributed by atoms with Crippen LogP contribution in [0.1, 0.15) is 31.9 Å². The van der Waals surface area contributed by atoms with E-state index in [2.05, 4.69) is 0 Å². The number of benzene rings is 1. The van der Waals surface area contributed by atoms with Gasteiger partial charge in [0.2, 0.25) is 0 Å². The van der Waals surface area contributed by atoms with Gasteiger partial charge in [0.1, 0.15) is 5.60 Å². The molecule has 1 amide bonds. The summed E-state index contributed by atoms with van der Waals surface area (Å²) in [6, 6.07) is 1.86. The monoisotopic (exact) mass is 331 g/mol. The van der Waals surface area contributed by atoms with E-state index in [1.54, 1.807) is 4.90 Å². The van der Waals surface area contributed by atoms with E-state index in [4.69, 9.17) is 32.7 Å². The van der Waals surface area contributed by atoms with Crippen LogP contribution in [0, 0.1) is 0 Å².